The molecule has 9 heteroatoms. The molecule has 0 saturated heterocycles. The standard InChI is InChI=1S/C25H27N5O4/c1-24(11-12-24)17-8-4-5-15-9-10-20(28-22(15)17)27-21-13-18-19(14-26-21)30(25(32,33)34)23(31)29(18)16-6-2-3-7-16/h4-5,8-10,13-14,16,32-34H,2-3,6-7,11-12H2,1H3,(H,26,27,28). The van der Waals surface area contributed by atoms with Gasteiger partial charge in [-0.05, 0) is 48.8 Å². The first kappa shape index (κ1) is 21.3. The Morgan fingerprint density at radius 2 is 1.82 bits per heavy atom. The van der Waals surface area contributed by atoms with Crippen molar-refractivity contribution in [3.8, 4) is 0 Å². The van der Waals surface area contributed by atoms with E-state index in [9.17, 15) is 20.1 Å². The molecule has 0 unspecified atom stereocenters. The molecule has 2 aliphatic carbocycles. The minimum Gasteiger partial charge on any atom is -0.325 e. The second-order valence-corrected chi connectivity index (χ2v) is 9.84. The van der Waals surface area contributed by atoms with Crippen LogP contribution in [0.2, 0.25) is 0 Å². The lowest BCUT2D eigenvalue weighted by molar-refractivity contribution is -0.374. The van der Waals surface area contributed by atoms with Crippen LogP contribution in [0.1, 0.15) is 57.1 Å². The van der Waals surface area contributed by atoms with E-state index in [1.54, 1.807) is 6.07 Å². The number of fused-ring (bicyclic) bond motifs is 2. The first-order valence-electron chi connectivity index (χ1n) is 11.7. The van der Waals surface area contributed by atoms with E-state index in [-0.39, 0.29) is 17.0 Å². The molecule has 2 aliphatic rings. The number of imidazole rings is 1. The van der Waals surface area contributed by atoms with Crippen LogP contribution < -0.4 is 11.0 Å². The highest BCUT2D eigenvalue weighted by Crippen LogP contribution is 2.49. The molecule has 0 atom stereocenters. The highest BCUT2D eigenvalue weighted by atomic mass is 16.7. The monoisotopic (exact) mass is 461 g/mol. The van der Waals surface area contributed by atoms with E-state index in [1.807, 2.05) is 12.1 Å². The molecule has 1 aromatic carbocycles. The molecular formula is C25H27N5O4. The van der Waals surface area contributed by atoms with E-state index in [0.29, 0.717) is 21.7 Å². The van der Waals surface area contributed by atoms with Crippen LogP contribution in [-0.2, 0) is 11.5 Å². The summed E-state index contributed by atoms with van der Waals surface area (Å²) in [6.45, 7) is 2.26. The molecule has 9 nitrogen and oxygen atoms in total. The maximum Gasteiger partial charge on any atom is 0.377 e. The molecule has 176 valence electrons. The number of nitrogens with zero attached hydrogens (tertiary/aromatic N) is 4. The summed E-state index contributed by atoms with van der Waals surface area (Å²) < 4.78 is 2.10. The van der Waals surface area contributed by atoms with Crippen molar-refractivity contribution >= 4 is 33.6 Å². The van der Waals surface area contributed by atoms with Crippen LogP contribution in [0.25, 0.3) is 21.9 Å². The van der Waals surface area contributed by atoms with Gasteiger partial charge in [-0.1, -0.05) is 38.0 Å². The van der Waals surface area contributed by atoms with Crippen molar-refractivity contribution in [2.45, 2.75) is 63.0 Å². The number of aromatic nitrogens is 4. The van der Waals surface area contributed by atoms with Gasteiger partial charge in [0.05, 0.1) is 22.7 Å². The van der Waals surface area contributed by atoms with Crippen molar-refractivity contribution in [3.63, 3.8) is 0 Å². The third kappa shape index (κ3) is 3.39. The second kappa shape index (κ2) is 7.36. The summed E-state index contributed by atoms with van der Waals surface area (Å²) in [5.74, 6) is 1.10. The topological polar surface area (TPSA) is 125 Å². The lowest BCUT2D eigenvalue weighted by atomic mass is 9.95. The number of nitrogens with one attached hydrogen (secondary N) is 1. The maximum absolute atomic E-state index is 13.1. The molecule has 4 aromatic rings. The fourth-order valence-electron chi connectivity index (χ4n) is 5.28. The third-order valence-corrected chi connectivity index (χ3v) is 7.38. The molecule has 0 radical (unpaired) electrons. The highest BCUT2D eigenvalue weighted by molar-refractivity contribution is 5.85. The normalized spacial score (nSPS) is 18.1. The molecule has 0 spiro atoms. The Balaban J connectivity index is 1.44. The summed E-state index contributed by atoms with van der Waals surface area (Å²) >= 11 is 0. The van der Waals surface area contributed by atoms with Crippen molar-refractivity contribution in [2.75, 3.05) is 5.32 Å². The quantitative estimate of drug-likeness (QED) is 0.336. The van der Waals surface area contributed by atoms with Crippen LogP contribution in [-0.4, -0.2) is 34.4 Å². The number of benzene rings is 1. The number of aliphatic hydroxyl groups is 3. The largest absolute Gasteiger partial charge is 0.377 e. The van der Waals surface area contributed by atoms with Gasteiger partial charge in [0.1, 0.15) is 11.6 Å². The molecule has 34 heavy (non-hydrogen) atoms. The molecule has 0 bridgehead atoms. The molecule has 2 saturated carbocycles. The lowest BCUT2D eigenvalue weighted by Crippen LogP contribution is -2.41. The Kier molecular flexibility index (Phi) is 4.61. The van der Waals surface area contributed by atoms with E-state index >= 15 is 0 Å². The Labute approximate surface area is 195 Å². The van der Waals surface area contributed by atoms with Gasteiger partial charge in [-0.2, -0.15) is 0 Å². The van der Waals surface area contributed by atoms with Crippen LogP contribution in [0.3, 0.4) is 0 Å². The van der Waals surface area contributed by atoms with Crippen LogP contribution in [0.15, 0.2) is 47.4 Å². The van der Waals surface area contributed by atoms with Crippen LogP contribution in [0.4, 0.5) is 11.6 Å². The minimum atomic E-state index is -3.31. The molecule has 6 rings (SSSR count). The summed E-state index contributed by atoms with van der Waals surface area (Å²) in [5.41, 5.74) is 2.32. The third-order valence-electron chi connectivity index (χ3n) is 7.38. The van der Waals surface area contributed by atoms with Gasteiger partial charge in [-0.25, -0.2) is 19.3 Å². The summed E-state index contributed by atoms with van der Waals surface area (Å²) in [6.07, 6.45) is 3.96. The molecule has 3 heterocycles. The Morgan fingerprint density at radius 1 is 1.06 bits per heavy atom. The second-order valence-electron chi connectivity index (χ2n) is 9.84. The number of pyridine rings is 2. The predicted molar refractivity (Wildman–Crippen MR) is 128 cm³/mol. The summed E-state index contributed by atoms with van der Waals surface area (Å²) in [5, 5.41) is 33.8. The van der Waals surface area contributed by atoms with Gasteiger partial charge in [0.2, 0.25) is 0 Å². The molecule has 4 N–H and O–H groups in total. The first-order valence-corrected chi connectivity index (χ1v) is 11.7. The molecule has 2 fully saturated rings. The molecule has 0 aliphatic heterocycles. The van der Waals surface area contributed by atoms with Gasteiger partial charge in [0.15, 0.2) is 0 Å². The van der Waals surface area contributed by atoms with Gasteiger partial charge in [0.25, 0.3) is 0 Å². The van der Waals surface area contributed by atoms with Gasteiger partial charge >= 0.3 is 11.8 Å². The fraction of sp³-hybridized carbons (Fsp3) is 0.400. The summed E-state index contributed by atoms with van der Waals surface area (Å²) in [7, 11) is 0. The SMILES string of the molecule is CC1(c2cccc3ccc(Nc4cc5c(cn4)n(C(O)(O)O)c(=O)n5C4CCCC4)nc23)CC1. The van der Waals surface area contributed by atoms with Crippen molar-refractivity contribution in [2.24, 2.45) is 0 Å². The van der Waals surface area contributed by atoms with Crippen molar-refractivity contribution in [1.29, 1.82) is 0 Å². The van der Waals surface area contributed by atoms with E-state index in [1.165, 1.54) is 16.3 Å². The summed E-state index contributed by atoms with van der Waals surface area (Å²) in [6, 6.07) is 11.8. The van der Waals surface area contributed by atoms with E-state index in [0.717, 1.165) is 49.4 Å². The summed E-state index contributed by atoms with van der Waals surface area (Å²) in [4.78, 5) is 22.3. The average molecular weight is 462 g/mol. The van der Waals surface area contributed by atoms with Gasteiger partial charge in [-0.15, -0.1) is 0 Å². The number of hydrogen-bond donors (Lipinski definition) is 4. The first-order chi connectivity index (χ1) is 16.2. The van der Waals surface area contributed by atoms with Gasteiger partial charge in [-0.3, -0.25) is 4.57 Å². The van der Waals surface area contributed by atoms with E-state index < -0.39 is 11.8 Å². The average Bonchev–Trinajstić information content (AvgIpc) is 3.19. The molecule has 0 amide bonds. The lowest BCUT2D eigenvalue weighted by Gasteiger charge is -2.15. The highest BCUT2D eigenvalue weighted by Gasteiger charge is 2.40. The Morgan fingerprint density at radius 3 is 2.53 bits per heavy atom. The number of rotatable bonds is 5. The zero-order chi connectivity index (χ0) is 23.7. The van der Waals surface area contributed by atoms with Crippen molar-refractivity contribution in [3.05, 3.63) is 58.6 Å². The zero-order valence-electron chi connectivity index (χ0n) is 18.9. The zero-order valence-corrected chi connectivity index (χ0v) is 18.9. The van der Waals surface area contributed by atoms with Gasteiger partial charge in [0, 0.05) is 17.5 Å². The number of para-hydroxylation sites is 1. The smallest absolute Gasteiger partial charge is 0.325 e. The molecular weight excluding hydrogens is 434 g/mol. The van der Waals surface area contributed by atoms with Crippen molar-refractivity contribution < 1.29 is 15.3 Å². The predicted octanol–water partition coefficient (Wildman–Crippen LogP) is 3.20. The maximum atomic E-state index is 13.1. The van der Waals surface area contributed by atoms with Crippen molar-refractivity contribution in [1.82, 2.24) is 19.1 Å². The van der Waals surface area contributed by atoms with Crippen LogP contribution in [0, 0.1) is 0 Å². The van der Waals surface area contributed by atoms with Crippen LogP contribution >= 0.6 is 0 Å². The molecule has 3 aromatic heterocycles. The Bertz CT molecular complexity index is 1470. The Hall–Kier alpha value is -3.27. The van der Waals surface area contributed by atoms with Crippen LogP contribution in [0.5, 0.6) is 0 Å². The minimum absolute atomic E-state index is 0.0745. The number of hydrogen-bond acceptors (Lipinski definition) is 7. The number of anilines is 2. The van der Waals surface area contributed by atoms with Gasteiger partial charge < -0.3 is 20.6 Å². The van der Waals surface area contributed by atoms with E-state index in [2.05, 4.69) is 35.4 Å². The van der Waals surface area contributed by atoms with E-state index in [4.69, 9.17) is 4.98 Å². The fourth-order valence-corrected chi connectivity index (χ4v) is 5.28.